The number of nitro groups is 1. The minimum Gasteiger partial charge on any atom is -0.589 e. The van der Waals surface area contributed by atoms with Crippen molar-refractivity contribution in [2.45, 2.75) is 0 Å². The molecule has 1 aromatic rings. The SMILES string of the molecule is COc1cc([N+](=O)[O-])[n+]([O-])nc1OC. The van der Waals surface area contributed by atoms with Crippen molar-refractivity contribution in [3.8, 4) is 11.6 Å². The Morgan fingerprint density at radius 2 is 2.14 bits per heavy atom. The fourth-order valence-electron chi connectivity index (χ4n) is 0.827. The zero-order valence-corrected chi connectivity index (χ0v) is 7.46. The van der Waals surface area contributed by atoms with E-state index in [1.54, 1.807) is 0 Å². The third-order valence-corrected chi connectivity index (χ3v) is 1.45. The van der Waals surface area contributed by atoms with Crippen molar-refractivity contribution in [1.29, 1.82) is 0 Å². The normalized spacial score (nSPS) is 9.57. The first-order chi connectivity index (χ1) is 6.60. The predicted molar refractivity (Wildman–Crippen MR) is 43.0 cm³/mol. The van der Waals surface area contributed by atoms with E-state index < -0.39 is 10.7 Å². The van der Waals surface area contributed by atoms with Crippen molar-refractivity contribution >= 4 is 5.82 Å². The van der Waals surface area contributed by atoms with Gasteiger partial charge in [-0.25, -0.2) is 0 Å². The lowest BCUT2D eigenvalue weighted by Gasteiger charge is -2.03. The lowest BCUT2D eigenvalue weighted by Crippen LogP contribution is -2.34. The number of methoxy groups -OCH3 is 2. The van der Waals surface area contributed by atoms with Gasteiger partial charge in [0.05, 0.1) is 19.3 Å². The second kappa shape index (κ2) is 3.73. The van der Waals surface area contributed by atoms with Gasteiger partial charge in [-0.3, -0.25) is 10.1 Å². The molecule has 0 aliphatic heterocycles. The van der Waals surface area contributed by atoms with Crippen LogP contribution in [0.2, 0.25) is 0 Å². The molecule has 0 fully saturated rings. The molecular weight excluding hydrogens is 194 g/mol. The highest BCUT2D eigenvalue weighted by molar-refractivity contribution is 5.35. The zero-order chi connectivity index (χ0) is 10.7. The van der Waals surface area contributed by atoms with E-state index >= 15 is 0 Å². The average Bonchev–Trinajstić information content (AvgIpc) is 2.16. The Bertz CT molecular complexity index is 367. The smallest absolute Gasteiger partial charge is 0.542 e. The average molecular weight is 201 g/mol. The van der Waals surface area contributed by atoms with Crippen LogP contribution in [0, 0.1) is 15.3 Å². The van der Waals surface area contributed by atoms with Crippen LogP contribution in [-0.2, 0) is 0 Å². The summed E-state index contributed by atoms with van der Waals surface area (Å²) in [5.41, 5.74) is 0. The molecule has 0 saturated heterocycles. The van der Waals surface area contributed by atoms with E-state index in [0.29, 0.717) is 0 Å². The number of hydrogen-bond donors (Lipinski definition) is 0. The van der Waals surface area contributed by atoms with Crippen LogP contribution >= 0.6 is 0 Å². The van der Waals surface area contributed by atoms with E-state index in [9.17, 15) is 15.3 Å². The molecular formula is C6H7N3O5. The van der Waals surface area contributed by atoms with Crippen LogP contribution in [0.1, 0.15) is 0 Å². The van der Waals surface area contributed by atoms with Gasteiger partial charge >= 0.3 is 11.7 Å². The summed E-state index contributed by atoms with van der Waals surface area (Å²) in [6, 6.07) is 0.943. The van der Waals surface area contributed by atoms with Gasteiger partial charge in [-0.1, -0.05) is 0 Å². The van der Waals surface area contributed by atoms with Crippen LogP contribution in [0.5, 0.6) is 11.6 Å². The second-order valence-electron chi connectivity index (χ2n) is 2.21. The van der Waals surface area contributed by atoms with E-state index in [1.165, 1.54) is 14.2 Å². The van der Waals surface area contributed by atoms with Crippen LogP contribution in [0.3, 0.4) is 0 Å². The lowest BCUT2D eigenvalue weighted by molar-refractivity contribution is -0.714. The van der Waals surface area contributed by atoms with Gasteiger partial charge in [0, 0.05) is 4.85 Å². The summed E-state index contributed by atoms with van der Waals surface area (Å²) in [5.74, 6) is -0.790. The molecule has 0 saturated carbocycles. The summed E-state index contributed by atoms with van der Waals surface area (Å²) in [4.78, 5) is 9.34. The molecule has 0 unspecified atom stereocenters. The number of hydrogen-bond acceptors (Lipinski definition) is 6. The van der Waals surface area contributed by atoms with Gasteiger partial charge in [0.1, 0.15) is 11.0 Å². The standard InChI is InChI=1S/C6H7N3O5/c1-13-4-3-5(9(11)12)8(10)7-6(4)14-2/h3H,1-2H3. The maximum Gasteiger partial charge on any atom is 0.542 e. The Hall–Kier alpha value is -2.12. The summed E-state index contributed by atoms with van der Waals surface area (Å²) in [5, 5.41) is 24.5. The molecule has 0 bridgehead atoms. The maximum absolute atomic E-state index is 10.9. The summed E-state index contributed by atoms with van der Waals surface area (Å²) in [6.45, 7) is 0. The molecule has 0 N–H and O–H groups in total. The van der Waals surface area contributed by atoms with Crippen LogP contribution in [0.4, 0.5) is 5.82 Å². The Balaban J connectivity index is 3.30. The predicted octanol–water partition coefficient (Wildman–Crippen LogP) is -0.360. The highest BCUT2D eigenvalue weighted by Crippen LogP contribution is 2.24. The molecule has 0 radical (unpaired) electrons. The molecule has 1 aromatic heterocycles. The maximum atomic E-state index is 10.9. The van der Waals surface area contributed by atoms with Crippen molar-refractivity contribution in [2.24, 2.45) is 0 Å². The first kappa shape index (κ1) is 9.96. The second-order valence-corrected chi connectivity index (χ2v) is 2.21. The van der Waals surface area contributed by atoms with Gasteiger partial charge in [0.2, 0.25) is 5.75 Å². The van der Waals surface area contributed by atoms with Gasteiger partial charge in [0.25, 0.3) is 0 Å². The summed E-state index contributed by atoms with van der Waals surface area (Å²) in [6.07, 6.45) is 0. The molecule has 0 aromatic carbocycles. The van der Waals surface area contributed by atoms with Gasteiger partial charge < -0.3 is 14.7 Å². The van der Waals surface area contributed by atoms with Gasteiger partial charge in [-0.2, -0.15) is 0 Å². The lowest BCUT2D eigenvalue weighted by atomic mass is 10.5. The number of aromatic nitrogens is 2. The zero-order valence-electron chi connectivity index (χ0n) is 7.46. The molecule has 0 aliphatic carbocycles. The molecule has 1 heterocycles. The molecule has 76 valence electrons. The monoisotopic (exact) mass is 201 g/mol. The summed E-state index contributed by atoms with van der Waals surface area (Å²) >= 11 is 0. The van der Waals surface area contributed by atoms with Gasteiger partial charge in [-0.15, -0.1) is 0 Å². The number of ether oxygens (including phenoxy) is 2. The van der Waals surface area contributed by atoms with Crippen molar-refractivity contribution in [1.82, 2.24) is 5.10 Å². The fraction of sp³-hybridized carbons (Fsp3) is 0.333. The quantitative estimate of drug-likeness (QED) is 0.286. The highest BCUT2D eigenvalue weighted by Gasteiger charge is 2.25. The fourth-order valence-corrected chi connectivity index (χ4v) is 0.827. The van der Waals surface area contributed by atoms with Crippen LogP contribution < -0.4 is 14.3 Å². The van der Waals surface area contributed by atoms with Crippen LogP contribution in [-0.4, -0.2) is 24.2 Å². The first-order valence-electron chi connectivity index (χ1n) is 3.47. The van der Waals surface area contributed by atoms with Crippen molar-refractivity contribution in [3.63, 3.8) is 0 Å². The Morgan fingerprint density at radius 3 is 2.57 bits per heavy atom. The third-order valence-electron chi connectivity index (χ3n) is 1.45. The van der Waals surface area contributed by atoms with E-state index in [1.807, 2.05) is 0 Å². The molecule has 0 amide bonds. The van der Waals surface area contributed by atoms with Gasteiger partial charge in [0.15, 0.2) is 0 Å². The highest BCUT2D eigenvalue weighted by atomic mass is 16.6. The topological polar surface area (TPSA) is 101 Å². The molecule has 0 spiro atoms. The Kier molecular flexibility index (Phi) is 2.65. The molecule has 14 heavy (non-hydrogen) atoms. The van der Waals surface area contributed by atoms with E-state index in [0.717, 1.165) is 6.07 Å². The summed E-state index contributed by atoms with van der Waals surface area (Å²) < 4.78 is 9.41. The molecule has 8 nitrogen and oxygen atoms in total. The van der Waals surface area contributed by atoms with Crippen LogP contribution in [0.15, 0.2) is 6.07 Å². The minimum absolute atomic E-state index is 0.0336. The number of nitrogens with zero attached hydrogens (tertiary/aromatic N) is 3. The van der Waals surface area contributed by atoms with E-state index in [4.69, 9.17) is 4.74 Å². The summed E-state index contributed by atoms with van der Waals surface area (Å²) in [7, 11) is 2.56. The minimum atomic E-state index is -0.859. The molecule has 1 rings (SSSR count). The van der Waals surface area contributed by atoms with E-state index in [2.05, 4.69) is 9.84 Å². The van der Waals surface area contributed by atoms with Crippen LogP contribution in [0.25, 0.3) is 0 Å². The molecule has 0 aliphatic rings. The third kappa shape index (κ3) is 1.63. The Labute approximate surface area is 78.4 Å². The van der Waals surface area contributed by atoms with Crippen molar-refractivity contribution in [2.75, 3.05) is 14.2 Å². The van der Waals surface area contributed by atoms with Gasteiger partial charge in [-0.05, 0) is 0 Å². The van der Waals surface area contributed by atoms with E-state index in [-0.39, 0.29) is 16.5 Å². The first-order valence-corrected chi connectivity index (χ1v) is 3.47. The molecule has 0 atom stereocenters. The van der Waals surface area contributed by atoms with Crippen molar-refractivity contribution in [3.05, 3.63) is 21.4 Å². The molecule has 8 heteroatoms. The number of rotatable bonds is 3. The largest absolute Gasteiger partial charge is 0.589 e. The van der Waals surface area contributed by atoms with Crippen molar-refractivity contribution < 1.29 is 19.2 Å². The Morgan fingerprint density at radius 1 is 1.50 bits per heavy atom.